The van der Waals surface area contributed by atoms with E-state index in [2.05, 4.69) is 9.46 Å². The number of carbonyl (C=O) groups is 2. The second-order valence-corrected chi connectivity index (χ2v) is 5.49. The average Bonchev–Trinajstić information content (AvgIpc) is 2.26. The molecule has 0 aliphatic rings. The van der Waals surface area contributed by atoms with Crippen LogP contribution in [0.15, 0.2) is 18.2 Å². The minimum absolute atomic E-state index is 0.0796. The molecule has 0 atom stereocenters. The van der Waals surface area contributed by atoms with Crippen LogP contribution >= 0.6 is 0 Å². The van der Waals surface area contributed by atoms with E-state index in [9.17, 15) is 18.0 Å². The Morgan fingerprint density at radius 2 is 2.00 bits per heavy atom. The van der Waals surface area contributed by atoms with Gasteiger partial charge in [-0.1, -0.05) is 0 Å². The van der Waals surface area contributed by atoms with Crippen molar-refractivity contribution in [1.29, 1.82) is 0 Å². The molecule has 0 heterocycles. The van der Waals surface area contributed by atoms with E-state index in [-0.39, 0.29) is 11.3 Å². The van der Waals surface area contributed by atoms with Crippen molar-refractivity contribution in [3.05, 3.63) is 29.3 Å². The van der Waals surface area contributed by atoms with Crippen molar-refractivity contribution >= 4 is 27.6 Å². The quantitative estimate of drug-likeness (QED) is 0.768. The maximum Gasteiger partial charge on any atom is 0.335 e. The van der Waals surface area contributed by atoms with Crippen LogP contribution in [0.2, 0.25) is 0 Å². The third kappa shape index (κ3) is 4.25. The molecule has 0 unspecified atom stereocenters. The standard InChI is InChI=1S/C11H13NO6S/c1-7-5-8(3-4-9(7)11(14)15)12-19(16,17)6-10(13)18-2/h3-5,12H,6H2,1-2H3,(H,14,15). The van der Waals surface area contributed by atoms with Crippen molar-refractivity contribution in [2.75, 3.05) is 17.6 Å². The van der Waals surface area contributed by atoms with Crippen LogP contribution in [0, 0.1) is 6.92 Å². The monoisotopic (exact) mass is 287 g/mol. The first kappa shape index (κ1) is 15.0. The molecule has 2 N–H and O–H groups in total. The van der Waals surface area contributed by atoms with Gasteiger partial charge in [0.2, 0.25) is 10.0 Å². The third-order valence-corrected chi connectivity index (χ3v) is 3.43. The first-order valence-electron chi connectivity index (χ1n) is 5.16. The molecule has 0 spiro atoms. The summed E-state index contributed by atoms with van der Waals surface area (Å²) in [4.78, 5) is 21.7. The third-order valence-electron chi connectivity index (χ3n) is 2.27. The van der Waals surface area contributed by atoms with Gasteiger partial charge in [-0.05, 0) is 30.7 Å². The molecule has 0 aliphatic carbocycles. The summed E-state index contributed by atoms with van der Waals surface area (Å²) in [6, 6.07) is 3.97. The lowest BCUT2D eigenvalue weighted by atomic mass is 10.1. The summed E-state index contributed by atoms with van der Waals surface area (Å²) in [5.74, 6) is -2.78. The zero-order valence-electron chi connectivity index (χ0n) is 10.3. The summed E-state index contributed by atoms with van der Waals surface area (Å²) < 4.78 is 29.6. The highest BCUT2D eigenvalue weighted by molar-refractivity contribution is 7.93. The molecule has 0 saturated heterocycles. The zero-order chi connectivity index (χ0) is 14.6. The minimum Gasteiger partial charge on any atom is -0.478 e. The highest BCUT2D eigenvalue weighted by Gasteiger charge is 2.17. The number of carboxylic acid groups (broad SMARTS) is 1. The highest BCUT2D eigenvalue weighted by atomic mass is 32.2. The van der Waals surface area contributed by atoms with Crippen LogP contribution in [0.25, 0.3) is 0 Å². The van der Waals surface area contributed by atoms with Gasteiger partial charge in [0.15, 0.2) is 5.75 Å². The van der Waals surface area contributed by atoms with Gasteiger partial charge in [-0.2, -0.15) is 0 Å². The van der Waals surface area contributed by atoms with Gasteiger partial charge in [-0.3, -0.25) is 9.52 Å². The molecular weight excluding hydrogens is 274 g/mol. The van der Waals surface area contributed by atoms with Crippen molar-refractivity contribution in [3.63, 3.8) is 0 Å². The van der Waals surface area contributed by atoms with Gasteiger partial charge in [-0.15, -0.1) is 0 Å². The number of carbonyl (C=O) groups excluding carboxylic acids is 1. The topological polar surface area (TPSA) is 110 Å². The summed E-state index contributed by atoms with van der Waals surface area (Å²) in [6.45, 7) is 1.54. The van der Waals surface area contributed by atoms with Crippen molar-refractivity contribution in [3.8, 4) is 0 Å². The summed E-state index contributed by atoms with van der Waals surface area (Å²) in [7, 11) is -2.78. The van der Waals surface area contributed by atoms with Gasteiger partial charge in [0.05, 0.1) is 12.7 Å². The van der Waals surface area contributed by atoms with E-state index in [1.54, 1.807) is 6.92 Å². The molecule has 1 aromatic carbocycles. The van der Waals surface area contributed by atoms with Gasteiger partial charge in [-0.25, -0.2) is 13.2 Å². The van der Waals surface area contributed by atoms with E-state index >= 15 is 0 Å². The lowest BCUT2D eigenvalue weighted by Crippen LogP contribution is -2.23. The Morgan fingerprint density at radius 1 is 1.37 bits per heavy atom. The van der Waals surface area contributed by atoms with Crippen LogP contribution in [0.3, 0.4) is 0 Å². The molecule has 19 heavy (non-hydrogen) atoms. The van der Waals surface area contributed by atoms with E-state index in [0.29, 0.717) is 5.56 Å². The number of hydrogen-bond acceptors (Lipinski definition) is 5. The summed E-state index contributed by atoms with van der Waals surface area (Å²) >= 11 is 0. The number of aryl methyl sites for hydroxylation is 1. The molecule has 0 amide bonds. The van der Waals surface area contributed by atoms with E-state index in [4.69, 9.17) is 5.11 Å². The van der Waals surface area contributed by atoms with Crippen molar-refractivity contribution < 1.29 is 27.9 Å². The van der Waals surface area contributed by atoms with Crippen LogP contribution in [0.5, 0.6) is 0 Å². The van der Waals surface area contributed by atoms with Crippen LogP contribution in [-0.4, -0.2) is 38.3 Å². The van der Waals surface area contributed by atoms with Crippen molar-refractivity contribution in [1.82, 2.24) is 0 Å². The zero-order valence-corrected chi connectivity index (χ0v) is 11.2. The lowest BCUT2D eigenvalue weighted by molar-refractivity contribution is -0.137. The Balaban J connectivity index is 2.92. The largest absolute Gasteiger partial charge is 0.478 e. The van der Waals surface area contributed by atoms with Gasteiger partial charge in [0.25, 0.3) is 0 Å². The number of ether oxygens (including phenoxy) is 1. The number of anilines is 1. The van der Waals surface area contributed by atoms with Crippen LogP contribution < -0.4 is 4.72 Å². The Kier molecular flexibility index (Phi) is 4.49. The molecule has 104 valence electrons. The maximum atomic E-state index is 11.6. The number of hydrogen-bond donors (Lipinski definition) is 2. The van der Waals surface area contributed by atoms with Gasteiger partial charge < -0.3 is 9.84 Å². The number of rotatable bonds is 5. The molecule has 0 aromatic heterocycles. The fraction of sp³-hybridized carbons (Fsp3) is 0.273. The molecular formula is C11H13NO6S. The van der Waals surface area contributed by atoms with E-state index in [1.807, 2.05) is 0 Å². The first-order chi connectivity index (χ1) is 8.75. The maximum absolute atomic E-state index is 11.6. The predicted octanol–water partition coefficient (Wildman–Crippen LogP) is 0.608. The minimum atomic E-state index is -3.87. The Morgan fingerprint density at radius 3 is 2.47 bits per heavy atom. The Bertz CT molecular complexity index is 608. The number of nitrogens with one attached hydrogen (secondary N) is 1. The number of methoxy groups -OCH3 is 1. The number of benzene rings is 1. The van der Waals surface area contributed by atoms with E-state index in [0.717, 1.165) is 7.11 Å². The first-order valence-corrected chi connectivity index (χ1v) is 6.81. The molecule has 0 saturated carbocycles. The normalized spacial score (nSPS) is 10.8. The second kappa shape index (κ2) is 5.70. The highest BCUT2D eigenvalue weighted by Crippen LogP contribution is 2.16. The smallest absolute Gasteiger partial charge is 0.335 e. The molecule has 7 nitrogen and oxygen atoms in total. The van der Waals surface area contributed by atoms with Gasteiger partial charge in [0.1, 0.15) is 0 Å². The van der Waals surface area contributed by atoms with E-state index < -0.39 is 27.7 Å². The molecule has 0 radical (unpaired) electrons. The van der Waals surface area contributed by atoms with Gasteiger partial charge >= 0.3 is 11.9 Å². The Hall–Kier alpha value is -2.09. The van der Waals surface area contributed by atoms with E-state index in [1.165, 1.54) is 18.2 Å². The molecule has 8 heteroatoms. The van der Waals surface area contributed by atoms with Crippen molar-refractivity contribution in [2.24, 2.45) is 0 Å². The average molecular weight is 287 g/mol. The van der Waals surface area contributed by atoms with Crippen LogP contribution in [-0.2, 0) is 19.6 Å². The number of sulfonamides is 1. The van der Waals surface area contributed by atoms with Crippen molar-refractivity contribution in [2.45, 2.75) is 6.92 Å². The summed E-state index contributed by atoms with van der Waals surface area (Å²) in [5.41, 5.74) is 0.674. The molecule has 0 bridgehead atoms. The lowest BCUT2D eigenvalue weighted by Gasteiger charge is -2.09. The van der Waals surface area contributed by atoms with Crippen LogP contribution in [0.1, 0.15) is 15.9 Å². The number of carboxylic acids is 1. The molecule has 0 aliphatic heterocycles. The fourth-order valence-electron chi connectivity index (χ4n) is 1.40. The SMILES string of the molecule is COC(=O)CS(=O)(=O)Nc1ccc(C(=O)O)c(C)c1. The molecule has 1 aromatic rings. The number of esters is 1. The second-order valence-electron chi connectivity index (χ2n) is 3.77. The summed E-state index contributed by atoms with van der Waals surface area (Å²) in [5, 5.41) is 8.84. The Labute approximate surface area is 110 Å². The molecule has 0 fully saturated rings. The summed E-state index contributed by atoms with van der Waals surface area (Å²) in [6.07, 6.45) is 0. The predicted molar refractivity (Wildman–Crippen MR) is 67.6 cm³/mol. The van der Waals surface area contributed by atoms with Gasteiger partial charge in [0, 0.05) is 5.69 Å². The number of aromatic carboxylic acids is 1. The fourth-order valence-corrected chi connectivity index (χ4v) is 2.38. The van der Waals surface area contributed by atoms with Crippen LogP contribution in [0.4, 0.5) is 5.69 Å². The molecule has 1 rings (SSSR count).